The normalized spacial score (nSPS) is 17.1. The SMILES string of the molecule is CC(CN1CCCCC1)C(O)(c1ccccc1)c1ccccc1.Cl. The maximum absolute atomic E-state index is 11.7. The Morgan fingerprint density at radius 3 is 1.79 bits per heavy atom. The van der Waals surface area contributed by atoms with E-state index in [4.69, 9.17) is 0 Å². The van der Waals surface area contributed by atoms with Gasteiger partial charge in [-0.15, -0.1) is 12.4 Å². The lowest BCUT2D eigenvalue weighted by molar-refractivity contribution is 0.00490. The molecular weight excluding hydrogens is 318 g/mol. The average molecular weight is 346 g/mol. The topological polar surface area (TPSA) is 23.5 Å². The summed E-state index contributed by atoms with van der Waals surface area (Å²) in [4.78, 5) is 2.50. The maximum Gasteiger partial charge on any atom is 0.118 e. The smallest absolute Gasteiger partial charge is 0.118 e. The van der Waals surface area contributed by atoms with Crippen LogP contribution in [0.2, 0.25) is 0 Å². The molecule has 1 N–H and O–H groups in total. The van der Waals surface area contributed by atoms with E-state index in [1.165, 1.54) is 19.3 Å². The van der Waals surface area contributed by atoms with Crippen LogP contribution < -0.4 is 0 Å². The summed E-state index contributed by atoms with van der Waals surface area (Å²) in [5, 5.41) is 11.7. The summed E-state index contributed by atoms with van der Waals surface area (Å²) in [6.45, 7) is 5.42. The number of benzene rings is 2. The van der Waals surface area contributed by atoms with Crippen LogP contribution in [0.1, 0.15) is 37.3 Å². The summed E-state index contributed by atoms with van der Waals surface area (Å²) in [6.07, 6.45) is 3.90. The van der Waals surface area contributed by atoms with Crippen LogP contribution in [0.5, 0.6) is 0 Å². The standard InChI is InChI=1S/C21H27NO.ClH/c1-18(17-22-15-9-4-10-16-22)21(23,19-11-5-2-6-12-19)20-13-7-3-8-14-20;/h2-3,5-8,11-14,18,23H,4,9-10,15-17H2,1H3;1H. The fourth-order valence-corrected chi connectivity index (χ4v) is 3.78. The highest BCUT2D eigenvalue weighted by atomic mass is 35.5. The van der Waals surface area contributed by atoms with Gasteiger partial charge in [0.2, 0.25) is 0 Å². The molecule has 0 saturated carbocycles. The quantitative estimate of drug-likeness (QED) is 0.864. The van der Waals surface area contributed by atoms with Crippen LogP contribution >= 0.6 is 12.4 Å². The first kappa shape index (κ1) is 19.0. The molecule has 0 radical (unpaired) electrons. The predicted octanol–water partition coefficient (Wildman–Crippen LogP) is 4.47. The van der Waals surface area contributed by atoms with Crippen LogP contribution in [-0.4, -0.2) is 29.6 Å². The van der Waals surface area contributed by atoms with Gasteiger partial charge in [0.25, 0.3) is 0 Å². The molecule has 0 aliphatic carbocycles. The predicted molar refractivity (Wildman–Crippen MR) is 103 cm³/mol. The Hall–Kier alpha value is -1.35. The van der Waals surface area contributed by atoms with Crippen molar-refractivity contribution in [3.63, 3.8) is 0 Å². The third-order valence-electron chi connectivity index (χ3n) is 5.12. The first-order chi connectivity index (χ1) is 11.2. The highest BCUT2D eigenvalue weighted by Gasteiger charge is 2.38. The van der Waals surface area contributed by atoms with E-state index in [2.05, 4.69) is 11.8 Å². The lowest BCUT2D eigenvalue weighted by atomic mass is 9.76. The van der Waals surface area contributed by atoms with Gasteiger partial charge in [0.1, 0.15) is 5.60 Å². The van der Waals surface area contributed by atoms with Crippen LogP contribution in [-0.2, 0) is 5.60 Å². The third kappa shape index (κ3) is 4.00. The van der Waals surface area contributed by atoms with E-state index in [1.54, 1.807) is 0 Å². The number of aliphatic hydroxyl groups is 1. The summed E-state index contributed by atoms with van der Waals surface area (Å²) in [5.74, 6) is 0.130. The zero-order chi connectivity index (χ0) is 16.1. The maximum atomic E-state index is 11.7. The fourth-order valence-electron chi connectivity index (χ4n) is 3.78. The van der Waals surface area contributed by atoms with Gasteiger partial charge in [-0.1, -0.05) is 74.0 Å². The molecule has 3 heteroatoms. The molecule has 0 aromatic heterocycles. The highest BCUT2D eigenvalue weighted by Crippen LogP contribution is 2.37. The second-order valence-electron chi connectivity index (χ2n) is 6.76. The molecule has 2 nitrogen and oxygen atoms in total. The minimum atomic E-state index is -0.944. The fraction of sp³-hybridized carbons (Fsp3) is 0.429. The minimum absolute atomic E-state index is 0. The van der Waals surface area contributed by atoms with Crippen molar-refractivity contribution in [3.8, 4) is 0 Å². The largest absolute Gasteiger partial charge is 0.380 e. The van der Waals surface area contributed by atoms with Crippen LogP contribution in [0.3, 0.4) is 0 Å². The van der Waals surface area contributed by atoms with E-state index < -0.39 is 5.60 Å². The monoisotopic (exact) mass is 345 g/mol. The number of hydrogen-bond donors (Lipinski definition) is 1. The molecule has 1 aliphatic rings. The van der Waals surface area contributed by atoms with Crippen molar-refractivity contribution in [2.24, 2.45) is 5.92 Å². The molecule has 1 saturated heterocycles. The van der Waals surface area contributed by atoms with E-state index in [9.17, 15) is 5.11 Å². The Bertz CT molecular complexity index is 556. The van der Waals surface area contributed by atoms with Crippen molar-refractivity contribution in [2.45, 2.75) is 31.8 Å². The van der Waals surface area contributed by atoms with E-state index in [0.717, 1.165) is 30.8 Å². The highest BCUT2D eigenvalue weighted by molar-refractivity contribution is 5.85. The Morgan fingerprint density at radius 1 is 0.875 bits per heavy atom. The van der Waals surface area contributed by atoms with Gasteiger partial charge in [-0.05, 0) is 37.1 Å². The lowest BCUT2D eigenvalue weighted by Gasteiger charge is -2.39. The van der Waals surface area contributed by atoms with Crippen molar-refractivity contribution >= 4 is 12.4 Å². The molecule has 0 bridgehead atoms. The second-order valence-corrected chi connectivity index (χ2v) is 6.76. The average Bonchev–Trinajstić information content (AvgIpc) is 2.63. The Labute approximate surface area is 151 Å². The molecule has 3 rings (SSSR count). The Kier molecular flexibility index (Phi) is 6.85. The molecule has 2 aromatic rings. The van der Waals surface area contributed by atoms with Crippen LogP contribution in [0.25, 0.3) is 0 Å². The van der Waals surface area contributed by atoms with Crippen LogP contribution in [0, 0.1) is 5.92 Å². The van der Waals surface area contributed by atoms with Crippen molar-refractivity contribution < 1.29 is 5.11 Å². The Balaban J connectivity index is 0.00000208. The van der Waals surface area contributed by atoms with Gasteiger partial charge in [0.15, 0.2) is 0 Å². The molecule has 1 aliphatic heterocycles. The third-order valence-corrected chi connectivity index (χ3v) is 5.12. The first-order valence-electron chi connectivity index (χ1n) is 8.77. The minimum Gasteiger partial charge on any atom is -0.380 e. The van der Waals surface area contributed by atoms with E-state index in [-0.39, 0.29) is 18.3 Å². The van der Waals surface area contributed by atoms with E-state index >= 15 is 0 Å². The van der Waals surface area contributed by atoms with Crippen LogP contribution in [0.4, 0.5) is 0 Å². The second kappa shape index (κ2) is 8.66. The summed E-state index contributed by atoms with van der Waals surface area (Å²) in [6, 6.07) is 20.2. The lowest BCUT2D eigenvalue weighted by Crippen LogP contribution is -2.43. The molecular formula is C21H28ClNO. The number of rotatable bonds is 5. The molecule has 1 atom stereocenters. The summed E-state index contributed by atoms with van der Waals surface area (Å²) in [5.41, 5.74) is 1.02. The van der Waals surface area contributed by atoms with Crippen molar-refractivity contribution in [2.75, 3.05) is 19.6 Å². The molecule has 0 spiro atoms. The van der Waals surface area contributed by atoms with Gasteiger partial charge in [-0.3, -0.25) is 0 Å². The van der Waals surface area contributed by atoms with Gasteiger partial charge in [-0.25, -0.2) is 0 Å². The molecule has 0 amide bonds. The molecule has 130 valence electrons. The van der Waals surface area contributed by atoms with E-state index in [1.807, 2.05) is 60.7 Å². The van der Waals surface area contributed by atoms with Gasteiger partial charge in [-0.2, -0.15) is 0 Å². The molecule has 1 heterocycles. The van der Waals surface area contributed by atoms with Gasteiger partial charge in [0, 0.05) is 12.5 Å². The van der Waals surface area contributed by atoms with Crippen molar-refractivity contribution in [1.82, 2.24) is 4.90 Å². The Morgan fingerprint density at radius 2 is 1.33 bits per heavy atom. The van der Waals surface area contributed by atoms with Gasteiger partial charge < -0.3 is 10.0 Å². The van der Waals surface area contributed by atoms with Crippen LogP contribution in [0.15, 0.2) is 60.7 Å². The number of halogens is 1. The number of hydrogen-bond acceptors (Lipinski definition) is 2. The summed E-state index contributed by atoms with van der Waals surface area (Å²) < 4.78 is 0. The molecule has 1 fully saturated rings. The molecule has 24 heavy (non-hydrogen) atoms. The number of piperidine rings is 1. The zero-order valence-electron chi connectivity index (χ0n) is 14.4. The van der Waals surface area contributed by atoms with Gasteiger partial charge in [0.05, 0.1) is 0 Å². The number of nitrogens with zero attached hydrogens (tertiary/aromatic N) is 1. The molecule has 2 aromatic carbocycles. The van der Waals surface area contributed by atoms with Crippen molar-refractivity contribution in [3.05, 3.63) is 71.8 Å². The summed E-state index contributed by atoms with van der Waals surface area (Å²) >= 11 is 0. The summed E-state index contributed by atoms with van der Waals surface area (Å²) in [7, 11) is 0. The number of likely N-dealkylation sites (tertiary alicyclic amines) is 1. The first-order valence-corrected chi connectivity index (χ1v) is 8.77. The van der Waals surface area contributed by atoms with E-state index in [0.29, 0.717) is 0 Å². The zero-order valence-corrected chi connectivity index (χ0v) is 15.2. The van der Waals surface area contributed by atoms with Gasteiger partial charge >= 0.3 is 0 Å². The van der Waals surface area contributed by atoms with Crippen molar-refractivity contribution in [1.29, 1.82) is 0 Å². The molecule has 1 unspecified atom stereocenters.